The van der Waals surface area contributed by atoms with E-state index in [1.165, 1.54) is 29.0 Å². The molecule has 0 aliphatic carbocycles. The molecule has 0 atom stereocenters. The second-order valence-electron chi connectivity index (χ2n) is 11.7. The number of sulfonamides is 1. The highest BCUT2D eigenvalue weighted by atomic mass is 32.2. The Morgan fingerprint density at radius 1 is 0.886 bits per heavy atom. The summed E-state index contributed by atoms with van der Waals surface area (Å²) in [5.41, 5.74) is 3.25. The van der Waals surface area contributed by atoms with E-state index < -0.39 is 10.0 Å². The molecule has 10 heteroatoms. The van der Waals surface area contributed by atoms with Gasteiger partial charge in [-0.3, -0.25) is 14.5 Å². The van der Waals surface area contributed by atoms with Crippen LogP contribution in [0.3, 0.4) is 0 Å². The average molecular weight is 637 g/mol. The summed E-state index contributed by atoms with van der Waals surface area (Å²) in [4.78, 5) is 33.1. The molecule has 1 N–H and O–H groups in total. The summed E-state index contributed by atoms with van der Waals surface area (Å²) in [6.07, 6.45) is 6.27. The van der Waals surface area contributed by atoms with Crippen molar-refractivity contribution >= 4 is 38.2 Å². The maximum Gasteiger partial charge on any atom is 0.257 e. The highest BCUT2D eigenvalue weighted by Crippen LogP contribution is 2.39. The Bertz CT molecular complexity index is 1520. The lowest BCUT2D eigenvalue weighted by Crippen LogP contribution is -2.35. The number of carbonyl (C=O) groups excluding carboxylic acids is 2. The average Bonchev–Trinajstić information content (AvgIpc) is 3.17. The highest BCUT2D eigenvalue weighted by Gasteiger charge is 2.31. The van der Waals surface area contributed by atoms with E-state index in [-0.39, 0.29) is 16.7 Å². The molecule has 1 fully saturated rings. The van der Waals surface area contributed by atoms with Crippen molar-refractivity contribution in [1.29, 1.82) is 0 Å². The summed E-state index contributed by atoms with van der Waals surface area (Å²) in [5, 5.41) is 3.63. The Balaban J connectivity index is 1.39. The molecule has 0 saturated carbocycles. The van der Waals surface area contributed by atoms with Crippen molar-refractivity contribution in [2.24, 2.45) is 0 Å². The third-order valence-corrected chi connectivity index (χ3v) is 11.5. The molecule has 2 amide bonds. The molecule has 3 heterocycles. The van der Waals surface area contributed by atoms with Gasteiger partial charge in [0.1, 0.15) is 5.00 Å². The van der Waals surface area contributed by atoms with E-state index in [2.05, 4.69) is 36.2 Å². The van der Waals surface area contributed by atoms with Gasteiger partial charge in [-0.05, 0) is 67.5 Å². The van der Waals surface area contributed by atoms with E-state index in [0.717, 1.165) is 75.0 Å². The minimum absolute atomic E-state index is 0.0306. The lowest BCUT2D eigenvalue weighted by Gasteiger charge is -2.28. The number of carbonyl (C=O) groups is 2. The monoisotopic (exact) mass is 636 g/mol. The summed E-state index contributed by atoms with van der Waals surface area (Å²) in [6.45, 7) is 8.90. The molecule has 44 heavy (non-hydrogen) atoms. The van der Waals surface area contributed by atoms with Gasteiger partial charge in [0.15, 0.2) is 0 Å². The van der Waals surface area contributed by atoms with Crippen LogP contribution in [0.25, 0.3) is 0 Å². The summed E-state index contributed by atoms with van der Waals surface area (Å²) >= 11 is 1.49. The molecule has 2 aliphatic heterocycles. The smallest absolute Gasteiger partial charge is 0.257 e. The van der Waals surface area contributed by atoms with E-state index in [1.54, 1.807) is 16.4 Å². The van der Waals surface area contributed by atoms with Crippen molar-refractivity contribution in [1.82, 2.24) is 14.1 Å². The van der Waals surface area contributed by atoms with Crippen molar-refractivity contribution in [3.05, 3.63) is 81.7 Å². The SMILES string of the molecule is CCCN(CCC)C(=O)c1c(NC(=O)c2ccc(S(=O)(=O)N3CCCCCC3)cc2)sc2c1CCN(Cc1ccccc1)C2. The van der Waals surface area contributed by atoms with E-state index in [0.29, 0.717) is 42.3 Å². The number of nitrogens with one attached hydrogen (secondary N) is 1. The first-order valence-electron chi connectivity index (χ1n) is 15.9. The lowest BCUT2D eigenvalue weighted by atomic mass is 10.0. The van der Waals surface area contributed by atoms with Crippen LogP contribution >= 0.6 is 11.3 Å². The molecule has 8 nitrogen and oxygen atoms in total. The fourth-order valence-corrected chi connectivity index (χ4v) is 8.94. The highest BCUT2D eigenvalue weighted by molar-refractivity contribution is 7.89. The predicted molar refractivity (Wildman–Crippen MR) is 177 cm³/mol. The van der Waals surface area contributed by atoms with Crippen LogP contribution in [0.2, 0.25) is 0 Å². The van der Waals surface area contributed by atoms with Crippen LogP contribution in [0.15, 0.2) is 59.5 Å². The third-order valence-electron chi connectivity index (χ3n) is 8.42. The Hall–Kier alpha value is -3.05. The van der Waals surface area contributed by atoms with Crippen LogP contribution in [0.5, 0.6) is 0 Å². The molecule has 236 valence electrons. The van der Waals surface area contributed by atoms with Crippen LogP contribution in [-0.4, -0.2) is 67.1 Å². The molecular formula is C34H44N4O4S2. The Morgan fingerprint density at radius 2 is 1.55 bits per heavy atom. The first kappa shape index (κ1) is 32.3. The maximum atomic E-state index is 14.0. The summed E-state index contributed by atoms with van der Waals surface area (Å²) in [6, 6.07) is 16.5. The first-order chi connectivity index (χ1) is 21.3. The molecule has 2 aromatic carbocycles. The normalized spacial score (nSPS) is 16.2. The van der Waals surface area contributed by atoms with Gasteiger partial charge < -0.3 is 10.2 Å². The molecule has 1 aromatic heterocycles. The van der Waals surface area contributed by atoms with Gasteiger partial charge in [0, 0.05) is 56.3 Å². The zero-order valence-electron chi connectivity index (χ0n) is 25.9. The van der Waals surface area contributed by atoms with Crippen LogP contribution in [0, 0.1) is 0 Å². The van der Waals surface area contributed by atoms with Gasteiger partial charge in [0.2, 0.25) is 10.0 Å². The molecular weight excluding hydrogens is 593 g/mol. The van der Waals surface area contributed by atoms with Crippen LogP contribution in [0.4, 0.5) is 5.00 Å². The summed E-state index contributed by atoms with van der Waals surface area (Å²) in [7, 11) is -3.61. The topological polar surface area (TPSA) is 90.0 Å². The number of thiophene rings is 1. The fourth-order valence-electron chi connectivity index (χ4n) is 6.14. The zero-order chi connectivity index (χ0) is 31.1. The summed E-state index contributed by atoms with van der Waals surface area (Å²) in [5.74, 6) is -0.382. The number of amides is 2. The lowest BCUT2D eigenvalue weighted by molar-refractivity contribution is 0.0755. The quantitative estimate of drug-likeness (QED) is 0.264. The number of fused-ring (bicyclic) bond motifs is 1. The van der Waals surface area contributed by atoms with Crippen LogP contribution in [0.1, 0.15) is 89.1 Å². The maximum absolute atomic E-state index is 14.0. The van der Waals surface area contributed by atoms with Crippen molar-refractivity contribution < 1.29 is 18.0 Å². The van der Waals surface area contributed by atoms with Crippen molar-refractivity contribution in [2.45, 2.75) is 76.8 Å². The number of nitrogens with zero attached hydrogens (tertiary/aromatic N) is 3. The standard InChI is InChI=1S/C34H44N4O4S2/c1-3-19-37(20-4-2)34(40)31-29-18-23-36(24-26-12-8-7-9-13-26)25-30(29)43-33(31)35-32(39)27-14-16-28(17-15-27)44(41,42)38-21-10-5-6-11-22-38/h7-9,12-17H,3-6,10-11,18-25H2,1-2H3,(H,35,39). The first-order valence-corrected chi connectivity index (χ1v) is 18.2. The van der Waals surface area contributed by atoms with E-state index >= 15 is 0 Å². The number of rotatable bonds is 11. The molecule has 3 aromatic rings. The van der Waals surface area contributed by atoms with Crippen molar-refractivity contribution in [3.63, 3.8) is 0 Å². The number of benzene rings is 2. The minimum atomic E-state index is -3.61. The molecule has 1 saturated heterocycles. The summed E-state index contributed by atoms with van der Waals surface area (Å²) < 4.78 is 28.0. The Kier molecular flexibility index (Phi) is 10.9. The Labute approximate surface area is 266 Å². The van der Waals surface area contributed by atoms with Gasteiger partial charge >= 0.3 is 0 Å². The molecule has 0 spiro atoms. The number of anilines is 1. The van der Waals surface area contributed by atoms with Crippen molar-refractivity contribution in [3.8, 4) is 0 Å². The largest absolute Gasteiger partial charge is 0.339 e. The second kappa shape index (κ2) is 14.8. The molecule has 0 unspecified atom stereocenters. The molecule has 2 aliphatic rings. The van der Waals surface area contributed by atoms with Gasteiger partial charge in [-0.2, -0.15) is 4.31 Å². The van der Waals surface area contributed by atoms with Gasteiger partial charge in [0.25, 0.3) is 11.8 Å². The van der Waals surface area contributed by atoms with E-state index in [9.17, 15) is 18.0 Å². The van der Waals surface area contributed by atoms with E-state index in [4.69, 9.17) is 0 Å². The van der Waals surface area contributed by atoms with Crippen molar-refractivity contribution in [2.75, 3.05) is 38.0 Å². The van der Waals surface area contributed by atoms with Crippen LogP contribution < -0.4 is 5.32 Å². The predicted octanol–water partition coefficient (Wildman–Crippen LogP) is 6.39. The molecule has 0 radical (unpaired) electrons. The Morgan fingerprint density at radius 3 is 2.18 bits per heavy atom. The number of hydrogen-bond acceptors (Lipinski definition) is 6. The third kappa shape index (κ3) is 7.42. The van der Waals surface area contributed by atoms with Crippen LogP contribution in [-0.2, 0) is 29.5 Å². The molecule has 5 rings (SSSR count). The van der Waals surface area contributed by atoms with Gasteiger partial charge in [-0.15, -0.1) is 11.3 Å². The van der Waals surface area contributed by atoms with Gasteiger partial charge in [0.05, 0.1) is 10.5 Å². The minimum Gasteiger partial charge on any atom is -0.339 e. The fraction of sp³-hybridized carbons (Fsp3) is 0.471. The molecule has 0 bridgehead atoms. The van der Waals surface area contributed by atoms with Gasteiger partial charge in [-0.1, -0.05) is 57.0 Å². The second-order valence-corrected chi connectivity index (χ2v) is 14.8. The van der Waals surface area contributed by atoms with Gasteiger partial charge in [-0.25, -0.2) is 8.42 Å². The zero-order valence-corrected chi connectivity index (χ0v) is 27.5. The van der Waals surface area contributed by atoms with E-state index in [1.807, 2.05) is 23.1 Å². The number of hydrogen-bond donors (Lipinski definition) is 1.